The number of hydrogen-bond donors (Lipinski definition) is 2. The lowest BCUT2D eigenvalue weighted by molar-refractivity contribution is -0.115. The number of nitrogens with one attached hydrogen (secondary N) is 2. The van der Waals surface area contributed by atoms with Gasteiger partial charge in [-0.3, -0.25) is 9.59 Å². The van der Waals surface area contributed by atoms with Crippen LogP contribution in [0.25, 0.3) is 11.2 Å². The van der Waals surface area contributed by atoms with Crippen LogP contribution >= 0.6 is 0 Å². The molecule has 0 spiro atoms. The van der Waals surface area contributed by atoms with Crippen molar-refractivity contribution in [3.63, 3.8) is 0 Å². The summed E-state index contributed by atoms with van der Waals surface area (Å²) in [4.78, 5) is 24.2. The molecular weight excluding hydrogens is 344 g/mol. The average Bonchev–Trinajstić information content (AvgIpc) is 3.36. The molecule has 0 aliphatic heterocycles. The Kier molecular flexibility index (Phi) is 4.36. The molecule has 0 atom stereocenters. The fraction of sp³-hybridized carbons (Fsp3) is 0.0526. The van der Waals surface area contributed by atoms with Crippen LogP contribution in [0.3, 0.4) is 0 Å². The highest BCUT2D eigenvalue weighted by molar-refractivity contribution is 5.98. The normalized spacial score (nSPS) is 10.7. The van der Waals surface area contributed by atoms with Crippen LogP contribution in [0.15, 0.2) is 73.2 Å². The Bertz CT molecular complexity index is 1050. The first-order valence-corrected chi connectivity index (χ1v) is 8.31. The van der Waals surface area contributed by atoms with E-state index in [1.165, 1.54) is 0 Å². The Morgan fingerprint density at radius 1 is 1.00 bits per heavy atom. The van der Waals surface area contributed by atoms with Crippen LogP contribution in [0.4, 0.5) is 5.69 Å². The molecule has 0 aliphatic carbocycles. The van der Waals surface area contributed by atoms with Gasteiger partial charge in [-0.25, -0.2) is 9.20 Å². The molecule has 2 amide bonds. The topological polar surface area (TPSA) is 93.3 Å². The third kappa shape index (κ3) is 3.69. The van der Waals surface area contributed by atoms with Crippen LogP contribution in [0.1, 0.15) is 10.5 Å². The number of nitrogens with zero attached hydrogens (tertiary/aromatic N) is 4. The number of rotatable bonds is 5. The Hall–Kier alpha value is -3.94. The van der Waals surface area contributed by atoms with Gasteiger partial charge in [-0.05, 0) is 48.5 Å². The lowest BCUT2D eigenvalue weighted by Gasteiger charge is -2.07. The molecule has 27 heavy (non-hydrogen) atoms. The molecule has 3 aromatic heterocycles. The predicted molar refractivity (Wildman–Crippen MR) is 99.7 cm³/mol. The molecule has 0 aliphatic rings. The minimum atomic E-state index is -0.400. The zero-order valence-electron chi connectivity index (χ0n) is 14.2. The quantitative estimate of drug-likeness (QED) is 0.568. The van der Waals surface area contributed by atoms with Crippen LogP contribution in [0.5, 0.6) is 0 Å². The number of fused-ring (bicyclic) bond motifs is 1. The van der Waals surface area contributed by atoms with Crippen molar-refractivity contribution in [1.29, 1.82) is 0 Å². The fourth-order valence-electron chi connectivity index (χ4n) is 2.62. The molecule has 3 heterocycles. The fourth-order valence-corrected chi connectivity index (χ4v) is 2.62. The number of carbonyl (C=O) groups is 2. The Labute approximate surface area is 154 Å². The van der Waals surface area contributed by atoms with Crippen molar-refractivity contribution in [3.8, 4) is 5.69 Å². The second-order valence-corrected chi connectivity index (χ2v) is 5.83. The Balaban J connectivity index is 1.33. The molecule has 1 aromatic carbocycles. The van der Waals surface area contributed by atoms with Crippen molar-refractivity contribution in [2.75, 3.05) is 11.9 Å². The van der Waals surface area contributed by atoms with Crippen LogP contribution in [-0.4, -0.2) is 37.8 Å². The van der Waals surface area contributed by atoms with Crippen molar-refractivity contribution in [2.45, 2.75) is 0 Å². The summed E-state index contributed by atoms with van der Waals surface area (Å²) in [6.45, 7) is -0.145. The monoisotopic (exact) mass is 360 g/mol. The number of carbonyl (C=O) groups excluding carboxylic acids is 2. The number of amides is 2. The molecule has 0 fully saturated rings. The molecule has 134 valence electrons. The number of pyridine rings is 1. The van der Waals surface area contributed by atoms with Gasteiger partial charge in [-0.1, -0.05) is 6.07 Å². The van der Waals surface area contributed by atoms with Crippen molar-refractivity contribution in [1.82, 2.24) is 24.7 Å². The van der Waals surface area contributed by atoms with E-state index >= 15 is 0 Å². The second-order valence-electron chi connectivity index (χ2n) is 5.83. The first-order valence-electron chi connectivity index (χ1n) is 8.31. The van der Waals surface area contributed by atoms with Gasteiger partial charge in [-0.15, -0.1) is 0 Å². The maximum Gasteiger partial charge on any atom is 0.272 e. The van der Waals surface area contributed by atoms with E-state index in [9.17, 15) is 9.59 Å². The van der Waals surface area contributed by atoms with Gasteiger partial charge in [0, 0.05) is 24.3 Å². The first-order chi connectivity index (χ1) is 13.2. The SMILES string of the molecule is O=C(CNC(=O)c1cc2ccccn2n1)Nc1ccc(-n2cccn2)cc1. The van der Waals surface area contributed by atoms with Gasteiger partial charge in [-0.2, -0.15) is 10.2 Å². The van der Waals surface area contributed by atoms with E-state index in [1.807, 2.05) is 42.6 Å². The summed E-state index contributed by atoms with van der Waals surface area (Å²) in [7, 11) is 0. The summed E-state index contributed by atoms with van der Waals surface area (Å²) in [6, 6.07) is 16.3. The van der Waals surface area contributed by atoms with E-state index in [0.29, 0.717) is 5.69 Å². The summed E-state index contributed by atoms with van der Waals surface area (Å²) >= 11 is 0. The zero-order valence-corrected chi connectivity index (χ0v) is 14.2. The summed E-state index contributed by atoms with van der Waals surface area (Å²) in [6.07, 6.45) is 5.29. The van der Waals surface area contributed by atoms with E-state index in [2.05, 4.69) is 20.8 Å². The van der Waals surface area contributed by atoms with Crippen LogP contribution in [-0.2, 0) is 4.79 Å². The van der Waals surface area contributed by atoms with E-state index in [4.69, 9.17) is 0 Å². The van der Waals surface area contributed by atoms with Crippen molar-refractivity contribution in [2.24, 2.45) is 0 Å². The van der Waals surface area contributed by atoms with Crippen molar-refractivity contribution in [3.05, 3.63) is 78.9 Å². The smallest absolute Gasteiger partial charge is 0.272 e. The van der Waals surface area contributed by atoms with Crippen LogP contribution in [0.2, 0.25) is 0 Å². The maximum atomic E-state index is 12.2. The van der Waals surface area contributed by atoms with E-state index in [0.717, 1.165) is 11.2 Å². The molecule has 8 nitrogen and oxygen atoms in total. The van der Waals surface area contributed by atoms with Crippen LogP contribution < -0.4 is 10.6 Å². The minimum Gasteiger partial charge on any atom is -0.342 e. The summed E-state index contributed by atoms with van der Waals surface area (Å²) < 4.78 is 3.33. The van der Waals surface area contributed by atoms with Crippen molar-refractivity contribution < 1.29 is 9.59 Å². The minimum absolute atomic E-state index is 0.145. The number of benzene rings is 1. The second kappa shape index (κ2) is 7.12. The predicted octanol–water partition coefficient (Wildman–Crippen LogP) is 1.89. The van der Waals surface area contributed by atoms with Gasteiger partial charge in [0.1, 0.15) is 0 Å². The van der Waals surface area contributed by atoms with Gasteiger partial charge in [0.05, 0.1) is 17.7 Å². The summed E-state index contributed by atoms with van der Waals surface area (Å²) in [5.41, 5.74) is 2.60. The Morgan fingerprint density at radius 3 is 2.59 bits per heavy atom. The lowest BCUT2D eigenvalue weighted by Crippen LogP contribution is -2.33. The molecule has 2 N–H and O–H groups in total. The van der Waals surface area contributed by atoms with Crippen LogP contribution in [0, 0.1) is 0 Å². The third-order valence-electron chi connectivity index (χ3n) is 3.93. The maximum absolute atomic E-state index is 12.2. The number of hydrogen-bond acceptors (Lipinski definition) is 4. The van der Waals surface area contributed by atoms with Gasteiger partial charge in [0.25, 0.3) is 5.91 Å². The Morgan fingerprint density at radius 2 is 1.85 bits per heavy atom. The average molecular weight is 360 g/mol. The number of aromatic nitrogens is 4. The molecule has 4 rings (SSSR count). The standard InChI is InChI=1S/C19H16N6O2/c26-18(22-14-5-7-15(8-6-14)24-11-3-9-21-24)13-20-19(27)17-12-16-4-1-2-10-25(16)23-17/h1-12H,13H2,(H,20,27)(H,22,26). The molecule has 0 bridgehead atoms. The third-order valence-corrected chi connectivity index (χ3v) is 3.93. The molecule has 0 radical (unpaired) electrons. The molecule has 0 unspecified atom stereocenters. The largest absolute Gasteiger partial charge is 0.342 e. The van der Waals surface area contributed by atoms with Gasteiger partial charge < -0.3 is 10.6 Å². The first kappa shape index (κ1) is 16.5. The molecule has 8 heteroatoms. The van der Waals surface area contributed by atoms with Crippen molar-refractivity contribution >= 4 is 23.0 Å². The van der Waals surface area contributed by atoms with E-state index in [-0.39, 0.29) is 18.1 Å². The lowest BCUT2D eigenvalue weighted by atomic mass is 10.3. The van der Waals surface area contributed by atoms with E-state index < -0.39 is 5.91 Å². The van der Waals surface area contributed by atoms with E-state index in [1.54, 1.807) is 39.8 Å². The van der Waals surface area contributed by atoms with Gasteiger partial charge in [0.15, 0.2) is 5.69 Å². The number of anilines is 1. The molecule has 4 aromatic rings. The van der Waals surface area contributed by atoms with Gasteiger partial charge in [0.2, 0.25) is 5.91 Å². The highest BCUT2D eigenvalue weighted by atomic mass is 16.2. The molecular formula is C19H16N6O2. The van der Waals surface area contributed by atoms with Gasteiger partial charge >= 0.3 is 0 Å². The highest BCUT2D eigenvalue weighted by Crippen LogP contribution is 2.12. The molecule has 0 saturated heterocycles. The zero-order chi connectivity index (χ0) is 18.6. The molecule has 0 saturated carbocycles. The highest BCUT2D eigenvalue weighted by Gasteiger charge is 2.12. The summed E-state index contributed by atoms with van der Waals surface area (Å²) in [5, 5.41) is 13.6. The summed E-state index contributed by atoms with van der Waals surface area (Å²) in [5.74, 6) is -0.721.